The molecule has 0 spiro atoms. The van der Waals surface area contributed by atoms with Crippen LogP contribution in [0.1, 0.15) is 11.1 Å². The lowest BCUT2D eigenvalue weighted by Gasteiger charge is -2.21. The van der Waals surface area contributed by atoms with E-state index in [1.807, 2.05) is 55.5 Å². The Morgan fingerprint density at radius 2 is 1.96 bits per heavy atom. The standard InChI is InChI=1S/C19H21NO3/c1-14-7-3-5-9-16(14)22-12-11-20(2)19(21)18-13-15-8-4-6-10-17(15)23-18/h3-10,18H,11-13H2,1-2H3. The van der Waals surface area contributed by atoms with Crippen LogP contribution in [0.2, 0.25) is 0 Å². The molecule has 0 aromatic heterocycles. The Bertz CT molecular complexity index is 674. The lowest BCUT2D eigenvalue weighted by atomic mass is 10.1. The average Bonchev–Trinajstić information content (AvgIpc) is 2.99. The number of aryl methyl sites for hydroxylation is 1. The van der Waals surface area contributed by atoms with Crippen molar-refractivity contribution < 1.29 is 14.3 Å². The Morgan fingerprint density at radius 1 is 1.22 bits per heavy atom. The average molecular weight is 311 g/mol. The van der Waals surface area contributed by atoms with E-state index in [4.69, 9.17) is 9.47 Å². The van der Waals surface area contributed by atoms with Gasteiger partial charge in [-0.2, -0.15) is 0 Å². The van der Waals surface area contributed by atoms with Crippen LogP contribution in [0.3, 0.4) is 0 Å². The smallest absolute Gasteiger partial charge is 0.263 e. The van der Waals surface area contributed by atoms with E-state index in [0.29, 0.717) is 19.6 Å². The van der Waals surface area contributed by atoms with E-state index in [9.17, 15) is 4.79 Å². The van der Waals surface area contributed by atoms with E-state index in [2.05, 4.69) is 0 Å². The minimum atomic E-state index is -0.420. The van der Waals surface area contributed by atoms with Crippen molar-refractivity contribution >= 4 is 5.91 Å². The zero-order valence-corrected chi connectivity index (χ0v) is 13.5. The molecule has 0 N–H and O–H groups in total. The highest BCUT2D eigenvalue weighted by Crippen LogP contribution is 2.28. The second kappa shape index (κ2) is 6.73. The number of carbonyl (C=O) groups excluding carboxylic acids is 1. The summed E-state index contributed by atoms with van der Waals surface area (Å²) < 4.78 is 11.5. The first kappa shape index (κ1) is 15.4. The van der Waals surface area contributed by atoms with Gasteiger partial charge in [0.2, 0.25) is 0 Å². The minimum absolute atomic E-state index is 0.00502. The van der Waals surface area contributed by atoms with Gasteiger partial charge in [0.25, 0.3) is 5.91 Å². The van der Waals surface area contributed by atoms with Gasteiger partial charge < -0.3 is 14.4 Å². The molecule has 4 nitrogen and oxygen atoms in total. The quantitative estimate of drug-likeness (QED) is 0.852. The van der Waals surface area contributed by atoms with Gasteiger partial charge in [0.15, 0.2) is 6.10 Å². The van der Waals surface area contributed by atoms with Crippen molar-refractivity contribution in [3.8, 4) is 11.5 Å². The Balaban J connectivity index is 1.50. The summed E-state index contributed by atoms with van der Waals surface area (Å²) in [5.74, 6) is 1.67. The first-order valence-electron chi connectivity index (χ1n) is 7.83. The Kier molecular flexibility index (Phi) is 4.51. The number of hydrogen-bond donors (Lipinski definition) is 0. The van der Waals surface area contributed by atoms with Gasteiger partial charge in [-0.3, -0.25) is 4.79 Å². The predicted octanol–water partition coefficient (Wildman–Crippen LogP) is 2.84. The van der Waals surface area contributed by atoms with E-state index in [1.165, 1.54) is 0 Å². The van der Waals surface area contributed by atoms with E-state index in [-0.39, 0.29) is 5.91 Å². The van der Waals surface area contributed by atoms with E-state index in [0.717, 1.165) is 22.6 Å². The molecule has 2 aromatic rings. The van der Waals surface area contributed by atoms with Gasteiger partial charge in [-0.1, -0.05) is 36.4 Å². The maximum atomic E-state index is 12.5. The molecule has 4 heteroatoms. The first-order chi connectivity index (χ1) is 11.1. The third-order valence-electron chi connectivity index (χ3n) is 4.08. The van der Waals surface area contributed by atoms with Crippen LogP contribution < -0.4 is 9.47 Å². The number of hydrogen-bond acceptors (Lipinski definition) is 3. The number of amides is 1. The topological polar surface area (TPSA) is 38.8 Å². The fourth-order valence-electron chi connectivity index (χ4n) is 2.69. The molecule has 0 fully saturated rings. The molecule has 1 aliphatic heterocycles. The lowest BCUT2D eigenvalue weighted by Crippen LogP contribution is -2.40. The molecule has 0 bridgehead atoms. The molecule has 1 aliphatic rings. The summed E-state index contributed by atoms with van der Waals surface area (Å²) in [6.07, 6.45) is 0.216. The van der Waals surface area contributed by atoms with Crippen LogP contribution in [0.15, 0.2) is 48.5 Å². The Morgan fingerprint density at radius 3 is 2.74 bits per heavy atom. The van der Waals surface area contributed by atoms with Crippen LogP contribution >= 0.6 is 0 Å². The van der Waals surface area contributed by atoms with Gasteiger partial charge in [0.05, 0.1) is 6.54 Å². The number of rotatable bonds is 5. The van der Waals surface area contributed by atoms with Gasteiger partial charge in [-0.05, 0) is 30.2 Å². The predicted molar refractivity (Wildman–Crippen MR) is 88.9 cm³/mol. The molecule has 2 aromatic carbocycles. The van der Waals surface area contributed by atoms with Gasteiger partial charge in [-0.25, -0.2) is 0 Å². The SMILES string of the molecule is Cc1ccccc1OCCN(C)C(=O)C1Cc2ccccc2O1. The molecular formula is C19H21NO3. The van der Waals surface area contributed by atoms with E-state index < -0.39 is 6.10 Å². The number of para-hydroxylation sites is 2. The van der Waals surface area contributed by atoms with Gasteiger partial charge >= 0.3 is 0 Å². The van der Waals surface area contributed by atoms with Crippen molar-refractivity contribution in [1.29, 1.82) is 0 Å². The highest BCUT2D eigenvalue weighted by atomic mass is 16.5. The van der Waals surface area contributed by atoms with Gasteiger partial charge in [0.1, 0.15) is 18.1 Å². The number of fused-ring (bicyclic) bond motifs is 1. The molecule has 1 amide bonds. The van der Waals surface area contributed by atoms with E-state index >= 15 is 0 Å². The number of nitrogens with zero attached hydrogens (tertiary/aromatic N) is 1. The van der Waals surface area contributed by atoms with Crippen molar-refractivity contribution in [2.24, 2.45) is 0 Å². The fraction of sp³-hybridized carbons (Fsp3) is 0.316. The largest absolute Gasteiger partial charge is 0.491 e. The van der Waals surface area contributed by atoms with Crippen LogP contribution in [-0.4, -0.2) is 37.1 Å². The maximum absolute atomic E-state index is 12.5. The highest BCUT2D eigenvalue weighted by molar-refractivity contribution is 5.82. The molecule has 1 heterocycles. The number of carbonyl (C=O) groups is 1. The van der Waals surface area contributed by atoms with Crippen molar-refractivity contribution in [1.82, 2.24) is 4.90 Å². The molecule has 0 aliphatic carbocycles. The molecule has 1 atom stereocenters. The normalized spacial score (nSPS) is 15.7. The highest BCUT2D eigenvalue weighted by Gasteiger charge is 2.30. The molecule has 0 radical (unpaired) electrons. The molecule has 0 saturated carbocycles. The van der Waals surface area contributed by atoms with Crippen LogP contribution in [0.25, 0.3) is 0 Å². The van der Waals surface area contributed by atoms with Crippen molar-refractivity contribution in [3.05, 3.63) is 59.7 Å². The summed E-state index contributed by atoms with van der Waals surface area (Å²) in [7, 11) is 1.79. The molecular weight excluding hydrogens is 290 g/mol. The second-order valence-electron chi connectivity index (χ2n) is 5.79. The minimum Gasteiger partial charge on any atom is -0.491 e. The summed E-state index contributed by atoms with van der Waals surface area (Å²) in [5, 5.41) is 0. The third-order valence-corrected chi connectivity index (χ3v) is 4.08. The monoisotopic (exact) mass is 311 g/mol. The van der Waals surface area contributed by atoms with Crippen molar-refractivity contribution in [3.63, 3.8) is 0 Å². The lowest BCUT2D eigenvalue weighted by molar-refractivity contribution is -0.136. The molecule has 0 saturated heterocycles. The summed E-state index contributed by atoms with van der Waals surface area (Å²) in [6, 6.07) is 15.7. The summed E-state index contributed by atoms with van der Waals surface area (Å²) in [6.45, 7) is 3.00. The second-order valence-corrected chi connectivity index (χ2v) is 5.79. The van der Waals surface area contributed by atoms with Gasteiger partial charge in [0, 0.05) is 13.5 Å². The van der Waals surface area contributed by atoms with Crippen LogP contribution in [0.4, 0.5) is 0 Å². The fourth-order valence-corrected chi connectivity index (χ4v) is 2.69. The maximum Gasteiger partial charge on any atom is 0.263 e. The number of likely N-dealkylation sites (N-methyl/N-ethyl adjacent to an activating group) is 1. The molecule has 23 heavy (non-hydrogen) atoms. The van der Waals surface area contributed by atoms with Crippen LogP contribution in [0.5, 0.6) is 11.5 Å². The Hall–Kier alpha value is -2.49. The molecule has 120 valence electrons. The van der Waals surface area contributed by atoms with Crippen molar-refractivity contribution in [2.75, 3.05) is 20.2 Å². The zero-order valence-electron chi connectivity index (χ0n) is 13.5. The van der Waals surface area contributed by atoms with Gasteiger partial charge in [-0.15, -0.1) is 0 Å². The van der Waals surface area contributed by atoms with Crippen LogP contribution in [-0.2, 0) is 11.2 Å². The molecule has 3 rings (SSSR count). The summed E-state index contributed by atoms with van der Waals surface area (Å²) in [4.78, 5) is 14.1. The summed E-state index contributed by atoms with van der Waals surface area (Å²) in [5.41, 5.74) is 2.19. The van der Waals surface area contributed by atoms with Crippen molar-refractivity contribution in [2.45, 2.75) is 19.4 Å². The molecule has 1 unspecified atom stereocenters. The zero-order chi connectivity index (χ0) is 16.2. The number of ether oxygens (including phenoxy) is 2. The first-order valence-corrected chi connectivity index (χ1v) is 7.83. The summed E-state index contributed by atoms with van der Waals surface area (Å²) >= 11 is 0. The Labute approximate surface area is 136 Å². The third kappa shape index (κ3) is 3.47. The van der Waals surface area contributed by atoms with Crippen LogP contribution in [0, 0.1) is 6.92 Å². The number of benzene rings is 2. The van der Waals surface area contributed by atoms with E-state index in [1.54, 1.807) is 11.9 Å².